The minimum atomic E-state index is 0.0994. The van der Waals surface area contributed by atoms with Crippen LogP contribution in [-0.4, -0.2) is 28.7 Å². The lowest BCUT2D eigenvalue weighted by molar-refractivity contribution is 0.0729. The number of benzene rings is 1. The number of piperidine rings is 1. The van der Waals surface area contributed by atoms with E-state index in [0.29, 0.717) is 4.83 Å². The average Bonchev–Trinajstić information content (AvgIpc) is 2.31. The van der Waals surface area contributed by atoms with Crippen molar-refractivity contribution in [3.63, 3.8) is 0 Å². The predicted molar refractivity (Wildman–Crippen MR) is 79.7 cm³/mol. The third-order valence-corrected chi connectivity index (χ3v) is 4.74. The zero-order chi connectivity index (χ0) is 12.4. The van der Waals surface area contributed by atoms with E-state index in [1.165, 1.54) is 0 Å². The first-order chi connectivity index (χ1) is 8.08. The summed E-state index contributed by atoms with van der Waals surface area (Å²) in [6.07, 6.45) is 2.21. The maximum atomic E-state index is 12.4. The summed E-state index contributed by atoms with van der Waals surface area (Å²) in [6.45, 7) is 1.64. The van der Waals surface area contributed by atoms with Gasteiger partial charge in [-0.25, -0.2) is 0 Å². The normalized spacial score (nSPS) is 20.4. The molecule has 1 saturated heterocycles. The van der Waals surface area contributed by atoms with Crippen molar-refractivity contribution < 1.29 is 4.79 Å². The van der Waals surface area contributed by atoms with Crippen molar-refractivity contribution in [3.05, 3.63) is 32.7 Å². The second kappa shape index (κ2) is 5.85. The van der Waals surface area contributed by atoms with Gasteiger partial charge in [0.2, 0.25) is 0 Å². The fourth-order valence-corrected chi connectivity index (χ4v) is 3.39. The first kappa shape index (κ1) is 13.6. The van der Waals surface area contributed by atoms with Gasteiger partial charge < -0.3 is 4.90 Å². The van der Waals surface area contributed by atoms with E-state index in [-0.39, 0.29) is 5.91 Å². The summed E-state index contributed by atoms with van der Waals surface area (Å²) in [5.74, 6) is 0.0994. The highest BCUT2D eigenvalue weighted by molar-refractivity contribution is 9.11. The highest BCUT2D eigenvalue weighted by Gasteiger charge is 2.24. The Hall–Kier alpha value is 0.130. The van der Waals surface area contributed by atoms with Gasteiger partial charge in [0.15, 0.2) is 0 Å². The molecule has 2 rings (SSSR count). The van der Waals surface area contributed by atoms with Gasteiger partial charge in [-0.05, 0) is 47.0 Å². The first-order valence-electron chi connectivity index (χ1n) is 5.46. The molecule has 1 aromatic rings. The van der Waals surface area contributed by atoms with Crippen LogP contribution in [0.2, 0.25) is 0 Å². The number of carbonyl (C=O) groups excluding carboxylic acids is 1. The van der Waals surface area contributed by atoms with Crippen LogP contribution in [0, 0.1) is 0 Å². The quantitative estimate of drug-likeness (QED) is 0.617. The highest BCUT2D eigenvalue weighted by atomic mass is 79.9. The zero-order valence-corrected chi connectivity index (χ0v) is 13.9. The zero-order valence-electron chi connectivity index (χ0n) is 9.13. The fourth-order valence-electron chi connectivity index (χ4n) is 1.94. The molecule has 0 bridgehead atoms. The van der Waals surface area contributed by atoms with Gasteiger partial charge in [0.05, 0.1) is 5.56 Å². The fraction of sp³-hybridized carbons (Fsp3) is 0.417. The molecule has 0 N–H and O–H groups in total. The Bertz CT molecular complexity index is 436. The molecule has 1 aliphatic rings. The number of alkyl halides is 1. The Balaban J connectivity index is 2.21. The maximum Gasteiger partial charge on any atom is 0.255 e. The predicted octanol–water partition coefficient (Wildman–Crippen LogP) is 4.21. The summed E-state index contributed by atoms with van der Waals surface area (Å²) in [6, 6.07) is 5.68. The van der Waals surface area contributed by atoms with E-state index in [1.807, 2.05) is 23.1 Å². The van der Waals surface area contributed by atoms with Crippen molar-refractivity contribution in [1.82, 2.24) is 4.90 Å². The molecule has 0 spiro atoms. The number of amides is 1. The Labute approximate surface area is 126 Å². The molecule has 2 nitrogen and oxygen atoms in total. The molecule has 1 aliphatic heterocycles. The second-order valence-corrected chi connectivity index (χ2v) is 7.18. The Morgan fingerprint density at radius 1 is 1.35 bits per heavy atom. The minimum absolute atomic E-state index is 0.0994. The number of nitrogens with zero attached hydrogens (tertiary/aromatic N) is 1. The number of likely N-dealkylation sites (tertiary alicyclic amines) is 1. The molecule has 0 saturated carbocycles. The van der Waals surface area contributed by atoms with Gasteiger partial charge >= 0.3 is 0 Å². The summed E-state index contributed by atoms with van der Waals surface area (Å²) in [5.41, 5.74) is 0.723. The van der Waals surface area contributed by atoms with Gasteiger partial charge in [0, 0.05) is 26.9 Å². The molecule has 0 radical (unpaired) electrons. The molecular formula is C12H12Br3NO. The lowest BCUT2D eigenvalue weighted by Crippen LogP contribution is -2.40. The van der Waals surface area contributed by atoms with Crippen LogP contribution in [0.4, 0.5) is 0 Å². The Kier molecular flexibility index (Phi) is 4.66. The summed E-state index contributed by atoms with van der Waals surface area (Å²) < 4.78 is 1.78. The van der Waals surface area contributed by atoms with Crippen LogP contribution >= 0.6 is 47.8 Å². The molecule has 1 fully saturated rings. The summed E-state index contributed by atoms with van der Waals surface area (Å²) in [7, 11) is 0. The van der Waals surface area contributed by atoms with Crippen LogP contribution in [0.3, 0.4) is 0 Å². The van der Waals surface area contributed by atoms with Crippen molar-refractivity contribution in [3.8, 4) is 0 Å². The average molecular weight is 426 g/mol. The highest BCUT2D eigenvalue weighted by Crippen LogP contribution is 2.25. The standard InChI is InChI=1S/C12H12Br3NO/c13-8-3-4-11(15)10(6-8)12(17)16-5-1-2-9(14)7-16/h3-4,6,9H,1-2,5,7H2. The number of hydrogen-bond donors (Lipinski definition) is 0. The SMILES string of the molecule is O=C(c1cc(Br)ccc1Br)N1CCCC(Br)C1. The molecule has 1 aromatic carbocycles. The third kappa shape index (κ3) is 3.32. The van der Waals surface area contributed by atoms with Crippen molar-refractivity contribution in [2.75, 3.05) is 13.1 Å². The van der Waals surface area contributed by atoms with Gasteiger partial charge in [-0.2, -0.15) is 0 Å². The number of carbonyl (C=O) groups is 1. The molecule has 0 aromatic heterocycles. The maximum absolute atomic E-state index is 12.4. The molecule has 17 heavy (non-hydrogen) atoms. The molecule has 1 heterocycles. The molecule has 92 valence electrons. The van der Waals surface area contributed by atoms with E-state index in [1.54, 1.807) is 0 Å². The summed E-state index contributed by atoms with van der Waals surface area (Å²) in [5, 5.41) is 0. The van der Waals surface area contributed by atoms with Crippen LogP contribution in [0.25, 0.3) is 0 Å². The molecule has 1 unspecified atom stereocenters. The molecular weight excluding hydrogens is 414 g/mol. The van der Waals surface area contributed by atoms with Crippen LogP contribution in [0.15, 0.2) is 27.1 Å². The van der Waals surface area contributed by atoms with Gasteiger partial charge in [0.1, 0.15) is 0 Å². The number of rotatable bonds is 1. The second-order valence-electron chi connectivity index (χ2n) is 4.11. The van der Waals surface area contributed by atoms with E-state index < -0.39 is 0 Å². The number of halogens is 3. The van der Waals surface area contributed by atoms with E-state index in [0.717, 1.165) is 40.4 Å². The topological polar surface area (TPSA) is 20.3 Å². The molecule has 1 atom stereocenters. The van der Waals surface area contributed by atoms with Gasteiger partial charge in [-0.15, -0.1) is 0 Å². The van der Waals surface area contributed by atoms with Crippen molar-refractivity contribution in [2.24, 2.45) is 0 Å². The van der Waals surface area contributed by atoms with Gasteiger partial charge in [-0.1, -0.05) is 31.9 Å². The monoisotopic (exact) mass is 423 g/mol. The van der Waals surface area contributed by atoms with Gasteiger partial charge in [0.25, 0.3) is 5.91 Å². The van der Waals surface area contributed by atoms with Gasteiger partial charge in [-0.3, -0.25) is 4.79 Å². The molecule has 0 aliphatic carbocycles. The molecule has 1 amide bonds. The smallest absolute Gasteiger partial charge is 0.255 e. The van der Waals surface area contributed by atoms with Crippen LogP contribution in [-0.2, 0) is 0 Å². The largest absolute Gasteiger partial charge is 0.337 e. The van der Waals surface area contributed by atoms with Crippen LogP contribution < -0.4 is 0 Å². The first-order valence-corrected chi connectivity index (χ1v) is 7.96. The van der Waals surface area contributed by atoms with Crippen LogP contribution in [0.1, 0.15) is 23.2 Å². The van der Waals surface area contributed by atoms with Crippen LogP contribution in [0.5, 0.6) is 0 Å². The van der Waals surface area contributed by atoms with E-state index in [2.05, 4.69) is 47.8 Å². The lowest BCUT2D eigenvalue weighted by atomic mass is 10.1. The molecule has 5 heteroatoms. The minimum Gasteiger partial charge on any atom is -0.337 e. The Morgan fingerprint density at radius 3 is 2.82 bits per heavy atom. The van der Waals surface area contributed by atoms with Crippen molar-refractivity contribution >= 4 is 53.7 Å². The van der Waals surface area contributed by atoms with E-state index in [4.69, 9.17) is 0 Å². The van der Waals surface area contributed by atoms with E-state index in [9.17, 15) is 4.79 Å². The van der Waals surface area contributed by atoms with Crippen molar-refractivity contribution in [2.45, 2.75) is 17.7 Å². The summed E-state index contributed by atoms with van der Waals surface area (Å²) in [4.78, 5) is 14.7. The van der Waals surface area contributed by atoms with Crippen molar-refractivity contribution in [1.29, 1.82) is 0 Å². The van der Waals surface area contributed by atoms with E-state index >= 15 is 0 Å². The lowest BCUT2D eigenvalue weighted by Gasteiger charge is -2.30. The number of hydrogen-bond acceptors (Lipinski definition) is 1. The summed E-state index contributed by atoms with van der Waals surface area (Å²) >= 11 is 10.4. The third-order valence-electron chi connectivity index (χ3n) is 2.81. The Morgan fingerprint density at radius 2 is 2.12 bits per heavy atom.